The quantitative estimate of drug-likeness (QED) is 0.906. The van der Waals surface area contributed by atoms with Crippen molar-refractivity contribution in [1.29, 1.82) is 0 Å². The molecule has 0 saturated heterocycles. The van der Waals surface area contributed by atoms with Gasteiger partial charge in [-0.25, -0.2) is 9.97 Å². The third-order valence-corrected chi connectivity index (χ3v) is 3.54. The molecule has 0 amide bonds. The topological polar surface area (TPSA) is 50.7 Å². The molecule has 0 radical (unpaired) electrons. The van der Waals surface area contributed by atoms with Crippen molar-refractivity contribution in [2.24, 2.45) is 0 Å². The zero-order chi connectivity index (χ0) is 15.4. The smallest absolute Gasteiger partial charge is 0.180 e. The Bertz CT molecular complexity index is 635. The minimum Gasteiger partial charge on any atom is -0.370 e. The van der Waals surface area contributed by atoms with Gasteiger partial charge in [0.25, 0.3) is 0 Å². The fraction of sp³-hybridized carbons (Fsp3) is 0.471. The Hall–Kier alpha value is -1.97. The van der Waals surface area contributed by atoms with Crippen molar-refractivity contribution in [2.75, 3.05) is 11.9 Å². The van der Waals surface area contributed by atoms with Crippen molar-refractivity contribution in [3.8, 4) is 11.5 Å². The van der Waals surface area contributed by atoms with Crippen LogP contribution in [0.2, 0.25) is 0 Å². The van der Waals surface area contributed by atoms with Crippen LogP contribution in [0.15, 0.2) is 12.3 Å². The summed E-state index contributed by atoms with van der Waals surface area (Å²) in [6.07, 6.45) is 3.87. The van der Waals surface area contributed by atoms with Crippen LogP contribution in [0.4, 0.5) is 5.82 Å². The van der Waals surface area contributed by atoms with Crippen molar-refractivity contribution in [3.63, 3.8) is 0 Å². The van der Waals surface area contributed by atoms with Crippen LogP contribution >= 0.6 is 0 Å². The molecule has 0 spiro atoms. The van der Waals surface area contributed by atoms with Gasteiger partial charge >= 0.3 is 0 Å². The summed E-state index contributed by atoms with van der Waals surface area (Å²) in [6, 6.07) is 2.12. The van der Waals surface area contributed by atoms with Crippen molar-refractivity contribution in [1.82, 2.24) is 15.0 Å². The number of hydrogen-bond donors (Lipinski definition) is 1. The van der Waals surface area contributed by atoms with Crippen molar-refractivity contribution < 1.29 is 0 Å². The molecule has 0 unspecified atom stereocenters. The van der Waals surface area contributed by atoms with Crippen LogP contribution in [-0.2, 0) is 6.42 Å². The minimum absolute atomic E-state index is 0.709. The Morgan fingerprint density at radius 2 is 1.86 bits per heavy atom. The van der Waals surface area contributed by atoms with Gasteiger partial charge in [-0.05, 0) is 44.7 Å². The van der Waals surface area contributed by atoms with E-state index in [0.29, 0.717) is 5.82 Å². The van der Waals surface area contributed by atoms with E-state index in [2.05, 4.69) is 42.1 Å². The monoisotopic (exact) mass is 284 g/mol. The first-order valence-corrected chi connectivity index (χ1v) is 7.61. The van der Waals surface area contributed by atoms with Crippen molar-refractivity contribution >= 4 is 5.82 Å². The van der Waals surface area contributed by atoms with Crippen molar-refractivity contribution in [2.45, 2.75) is 47.5 Å². The molecule has 0 aliphatic heterocycles. The van der Waals surface area contributed by atoms with Gasteiger partial charge in [0, 0.05) is 24.0 Å². The summed E-state index contributed by atoms with van der Waals surface area (Å²) in [6.45, 7) is 11.4. The van der Waals surface area contributed by atoms with Crippen LogP contribution in [0, 0.1) is 20.8 Å². The summed E-state index contributed by atoms with van der Waals surface area (Å²) in [4.78, 5) is 13.9. The first-order chi connectivity index (χ1) is 10.1. The molecule has 0 bridgehead atoms. The summed E-state index contributed by atoms with van der Waals surface area (Å²) < 4.78 is 0. The summed E-state index contributed by atoms with van der Waals surface area (Å²) in [7, 11) is 0. The Labute approximate surface area is 127 Å². The van der Waals surface area contributed by atoms with Gasteiger partial charge in [-0.1, -0.05) is 19.9 Å². The third kappa shape index (κ3) is 3.38. The fourth-order valence-corrected chi connectivity index (χ4v) is 2.46. The van der Waals surface area contributed by atoms with Gasteiger partial charge < -0.3 is 5.32 Å². The van der Waals surface area contributed by atoms with Crippen LogP contribution in [0.25, 0.3) is 11.5 Å². The van der Waals surface area contributed by atoms with E-state index in [4.69, 9.17) is 4.98 Å². The molecule has 0 aliphatic carbocycles. The lowest BCUT2D eigenvalue weighted by Crippen LogP contribution is -2.10. The standard InChI is InChI=1S/C17H24N4/c1-6-8-18-16-14(7-2)13(5)20-17(21-16)15-12(4)9-11(3)10-19-15/h9-10H,6-8H2,1-5H3,(H,18,20,21). The van der Waals surface area contributed by atoms with Crippen LogP contribution < -0.4 is 5.32 Å². The Morgan fingerprint density at radius 1 is 1.10 bits per heavy atom. The number of anilines is 1. The van der Waals surface area contributed by atoms with Crippen LogP contribution in [0.3, 0.4) is 0 Å². The zero-order valence-electron chi connectivity index (χ0n) is 13.6. The summed E-state index contributed by atoms with van der Waals surface area (Å²) in [5, 5.41) is 3.42. The van der Waals surface area contributed by atoms with Crippen LogP contribution in [-0.4, -0.2) is 21.5 Å². The summed E-state index contributed by atoms with van der Waals surface area (Å²) >= 11 is 0. The largest absolute Gasteiger partial charge is 0.370 e. The second-order valence-corrected chi connectivity index (χ2v) is 5.42. The highest BCUT2D eigenvalue weighted by Gasteiger charge is 2.13. The first kappa shape index (κ1) is 15.4. The molecular weight excluding hydrogens is 260 g/mol. The highest BCUT2D eigenvalue weighted by atomic mass is 15.0. The first-order valence-electron chi connectivity index (χ1n) is 7.61. The molecule has 4 nitrogen and oxygen atoms in total. The minimum atomic E-state index is 0.709. The van der Waals surface area contributed by atoms with Gasteiger partial charge in [0.05, 0.1) is 0 Å². The second-order valence-electron chi connectivity index (χ2n) is 5.42. The molecule has 2 heterocycles. The molecule has 112 valence electrons. The highest BCUT2D eigenvalue weighted by Crippen LogP contribution is 2.24. The van der Waals surface area contributed by atoms with E-state index < -0.39 is 0 Å². The van der Waals surface area contributed by atoms with E-state index in [1.54, 1.807) is 0 Å². The zero-order valence-corrected chi connectivity index (χ0v) is 13.6. The number of nitrogens with zero attached hydrogens (tertiary/aromatic N) is 3. The number of pyridine rings is 1. The number of rotatable bonds is 5. The fourth-order valence-electron chi connectivity index (χ4n) is 2.46. The normalized spacial score (nSPS) is 10.7. The maximum Gasteiger partial charge on any atom is 0.180 e. The lowest BCUT2D eigenvalue weighted by Gasteiger charge is -2.14. The van der Waals surface area contributed by atoms with E-state index >= 15 is 0 Å². The second kappa shape index (κ2) is 6.66. The molecule has 0 aromatic carbocycles. The van der Waals surface area contributed by atoms with E-state index in [-0.39, 0.29) is 0 Å². The maximum absolute atomic E-state index is 4.72. The van der Waals surface area contributed by atoms with Crippen LogP contribution in [0.1, 0.15) is 42.7 Å². The molecule has 0 saturated carbocycles. The van der Waals surface area contributed by atoms with Gasteiger partial charge in [0.15, 0.2) is 5.82 Å². The number of aromatic nitrogens is 3. The molecular formula is C17H24N4. The Kier molecular flexibility index (Phi) is 4.89. The molecule has 1 N–H and O–H groups in total. The Morgan fingerprint density at radius 3 is 2.48 bits per heavy atom. The van der Waals surface area contributed by atoms with E-state index in [1.807, 2.05) is 20.0 Å². The van der Waals surface area contributed by atoms with Gasteiger partial charge in [0.1, 0.15) is 11.5 Å². The molecule has 0 aliphatic rings. The predicted molar refractivity (Wildman–Crippen MR) is 87.6 cm³/mol. The molecule has 0 atom stereocenters. The number of nitrogens with one attached hydrogen (secondary N) is 1. The van der Waals surface area contributed by atoms with Crippen molar-refractivity contribution in [3.05, 3.63) is 34.6 Å². The number of hydrogen-bond acceptors (Lipinski definition) is 4. The van der Waals surface area contributed by atoms with Gasteiger partial charge in [0.2, 0.25) is 0 Å². The summed E-state index contributed by atoms with van der Waals surface area (Å²) in [5.74, 6) is 1.66. The Balaban J connectivity index is 2.51. The van der Waals surface area contributed by atoms with Crippen LogP contribution in [0.5, 0.6) is 0 Å². The lowest BCUT2D eigenvalue weighted by molar-refractivity contribution is 0.935. The molecule has 4 heteroatoms. The molecule has 21 heavy (non-hydrogen) atoms. The summed E-state index contributed by atoms with van der Waals surface area (Å²) in [5.41, 5.74) is 5.35. The average Bonchev–Trinajstić information content (AvgIpc) is 2.44. The molecule has 2 aromatic rings. The van der Waals surface area contributed by atoms with E-state index in [0.717, 1.165) is 47.7 Å². The lowest BCUT2D eigenvalue weighted by atomic mass is 10.1. The SMILES string of the molecule is CCCNc1nc(-c2ncc(C)cc2C)nc(C)c1CC. The van der Waals surface area contributed by atoms with Gasteiger partial charge in [-0.2, -0.15) is 0 Å². The highest BCUT2D eigenvalue weighted by molar-refractivity contribution is 5.59. The molecule has 2 rings (SSSR count). The average molecular weight is 284 g/mol. The van der Waals surface area contributed by atoms with E-state index in [9.17, 15) is 0 Å². The van der Waals surface area contributed by atoms with E-state index in [1.165, 1.54) is 5.56 Å². The van der Waals surface area contributed by atoms with Gasteiger partial charge in [-0.3, -0.25) is 4.98 Å². The maximum atomic E-state index is 4.72. The predicted octanol–water partition coefficient (Wildman–Crippen LogP) is 3.85. The number of aryl methyl sites for hydroxylation is 3. The van der Waals surface area contributed by atoms with Gasteiger partial charge in [-0.15, -0.1) is 0 Å². The molecule has 2 aromatic heterocycles. The molecule has 0 fully saturated rings. The third-order valence-electron chi connectivity index (χ3n) is 3.54.